The molecule has 0 fully saturated rings. The molecule has 0 unspecified atom stereocenters. The van der Waals surface area contributed by atoms with Crippen molar-refractivity contribution in [2.75, 3.05) is 5.73 Å². The molecule has 74 valence electrons. The Morgan fingerprint density at radius 2 is 2.29 bits per heavy atom. The second-order valence-electron chi connectivity index (χ2n) is 2.50. The van der Waals surface area contributed by atoms with E-state index in [0.29, 0.717) is 0 Å². The number of halogens is 3. The SMILES string of the molecule is N#Cc1cc(N)c(CCl)nc1C(F)F. The molecule has 0 aliphatic heterocycles. The molecule has 3 nitrogen and oxygen atoms in total. The van der Waals surface area contributed by atoms with E-state index in [4.69, 9.17) is 22.6 Å². The van der Waals surface area contributed by atoms with Gasteiger partial charge in [0.1, 0.15) is 11.8 Å². The van der Waals surface area contributed by atoms with Crippen LogP contribution in [-0.2, 0) is 5.88 Å². The van der Waals surface area contributed by atoms with Gasteiger partial charge in [-0.25, -0.2) is 13.8 Å². The summed E-state index contributed by atoms with van der Waals surface area (Å²) in [5, 5.41) is 8.54. The van der Waals surface area contributed by atoms with E-state index in [0.717, 1.165) is 6.07 Å². The topological polar surface area (TPSA) is 62.7 Å². The van der Waals surface area contributed by atoms with Crippen LogP contribution in [0.25, 0.3) is 0 Å². The minimum absolute atomic E-state index is 0.0583. The van der Waals surface area contributed by atoms with Gasteiger partial charge in [0.05, 0.1) is 22.8 Å². The van der Waals surface area contributed by atoms with Crippen molar-refractivity contribution >= 4 is 17.3 Å². The van der Waals surface area contributed by atoms with E-state index < -0.39 is 12.1 Å². The van der Waals surface area contributed by atoms with Gasteiger partial charge in [-0.1, -0.05) is 0 Å². The largest absolute Gasteiger partial charge is 0.397 e. The Hall–Kier alpha value is -1.41. The zero-order chi connectivity index (χ0) is 10.7. The molecule has 0 spiro atoms. The molecule has 0 radical (unpaired) electrons. The van der Waals surface area contributed by atoms with Gasteiger partial charge < -0.3 is 5.73 Å². The van der Waals surface area contributed by atoms with Crippen LogP contribution in [0, 0.1) is 11.3 Å². The second kappa shape index (κ2) is 4.20. The molecule has 0 amide bonds. The number of anilines is 1. The third kappa shape index (κ3) is 1.91. The molecule has 1 aromatic heterocycles. The lowest BCUT2D eigenvalue weighted by molar-refractivity contribution is 0.145. The van der Waals surface area contributed by atoms with Gasteiger partial charge in [-0.2, -0.15) is 5.26 Å². The minimum atomic E-state index is -2.80. The molecule has 14 heavy (non-hydrogen) atoms. The van der Waals surface area contributed by atoms with Crippen LogP contribution in [-0.4, -0.2) is 4.98 Å². The maximum Gasteiger partial charge on any atom is 0.281 e. The molecule has 0 aliphatic rings. The maximum absolute atomic E-state index is 12.4. The molecule has 1 rings (SSSR count). The fourth-order valence-electron chi connectivity index (χ4n) is 0.946. The summed E-state index contributed by atoms with van der Waals surface area (Å²) in [5.74, 6) is -0.0583. The fourth-order valence-corrected chi connectivity index (χ4v) is 1.16. The summed E-state index contributed by atoms with van der Waals surface area (Å²) >= 11 is 5.43. The lowest BCUT2D eigenvalue weighted by atomic mass is 10.1. The Kier molecular flexibility index (Phi) is 3.20. The van der Waals surface area contributed by atoms with E-state index in [1.165, 1.54) is 0 Å². The van der Waals surface area contributed by atoms with Crippen molar-refractivity contribution in [3.63, 3.8) is 0 Å². The summed E-state index contributed by atoms with van der Waals surface area (Å²) in [5.41, 5.74) is 4.97. The zero-order valence-electron chi connectivity index (χ0n) is 6.97. The third-order valence-electron chi connectivity index (χ3n) is 1.62. The van der Waals surface area contributed by atoms with Gasteiger partial charge >= 0.3 is 0 Å². The number of hydrogen-bond acceptors (Lipinski definition) is 3. The maximum atomic E-state index is 12.4. The van der Waals surface area contributed by atoms with Gasteiger partial charge in [-0.3, -0.25) is 0 Å². The Labute approximate surface area is 84.1 Å². The summed E-state index contributed by atoms with van der Waals surface area (Å²) in [6.45, 7) is 0. The van der Waals surface area contributed by atoms with E-state index in [1.54, 1.807) is 6.07 Å². The first-order chi connectivity index (χ1) is 6.60. The normalized spacial score (nSPS) is 10.2. The Balaban J connectivity index is 3.34. The van der Waals surface area contributed by atoms with Crippen LogP contribution < -0.4 is 5.73 Å². The third-order valence-corrected chi connectivity index (χ3v) is 1.87. The first-order valence-electron chi connectivity index (χ1n) is 3.63. The predicted molar refractivity (Wildman–Crippen MR) is 47.9 cm³/mol. The van der Waals surface area contributed by atoms with Crippen LogP contribution in [0.5, 0.6) is 0 Å². The van der Waals surface area contributed by atoms with E-state index in [1.807, 2.05) is 0 Å². The number of hydrogen-bond donors (Lipinski definition) is 1. The molecule has 0 atom stereocenters. The summed E-state index contributed by atoms with van der Waals surface area (Å²) in [6.07, 6.45) is -2.80. The van der Waals surface area contributed by atoms with Crippen LogP contribution in [0.3, 0.4) is 0 Å². The highest BCUT2D eigenvalue weighted by Gasteiger charge is 2.17. The number of nitriles is 1. The molecule has 1 aromatic rings. The monoisotopic (exact) mass is 217 g/mol. The molecule has 1 heterocycles. The molecule has 2 N–H and O–H groups in total. The van der Waals surface area contributed by atoms with Crippen LogP contribution in [0.15, 0.2) is 6.07 Å². The van der Waals surface area contributed by atoms with Crippen molar-refractivity contribution in [3.05, 3.63) is 23.0 Å². The Morgan fingerprint density at radius 1 is 1.64 bits per heavy atom. The van der Waals surface area contributed by atoms with Gasteiger partial charge in [-0.05, 0) is 6.07 Å². The van der Waals surface area contributed by atoms with Crippen molar-refractivity contribution in [1.82, 2.24) is 4.98 Å². The molecule has 0 aliphatic carbocycles. The number of rotatable bonds is 2. The summed E-state index contributed by atoms with van der Waals surface area (Å²) in [4.78, 5) is 3.53. The quantitative estimate of drug-likeness (QED) is 0.773. The van der Waals surface area contributed by atoms with Gasteiger partial charge in [0.25, 0.3) is 6.43 Å². The predicted octanol–water partition coefficient (Wildman–Crippen LogP) is 2.21. The lowest BCUT2D eigenvalue weighted by Crippen LogP contribution is -2.03. The lowest BCUT2D eigenvalue weighted by Gasteiger charge is -2.06. The second-order valence-corrected chi connectivity index (χ2v) is 2.77. The van der Waals surface area contributed by atoms with Gasteiger partial charge in [-0.15, -0.1) is 11.6 Å². The van der Waals surface area contributed by atoms with Crippen molar-refractivity contribution in [2.45, 2.75) is 12.3 Å². The first kappa shape index (κ1) is 10.7. The number of pyridine rings is 1. The highest BCUT2D eigenvalue weighted by Crippen LogP contribution is 2.24. The molecule has 0 saturated heterocycles. The Morgan fingerprint density at radius 3 is 2.71 bits per heavy atom. The molecule has 6 heteroatoms. The summed E-state index contributed by atoms with van der Waals surface area (Å²) in [6, 6.07) is 2.76. The average molecular weight is 218 g/mol. The number of nitrogens with zero attached hydrogens (tertiary/aromatic N) is 2. The van der Waals surface area contributed by atoms with E-state index in [9.17, 15) is 8.78 Å². The van der Waals surface area contributed by atoms with Crippen molar-refractivity contribution in [2.24, 2.45) is 0 Å². The molecule has 0 saturated carbocycles. The van der Waals surface area contributed by atoms with Gasteiger partial charge in [0.2, 0.25) is 0 Å². The van der Waals surface area contributed by atoms with Gasteiger partial charge in [0, 0.05) is 0 Å². The molecular formula is C8H6ClF2N3. The fraction of sp³-hybridized carbons (Fsp3) is 0.250. The summed E-state index contributed by atoms with van der Waals surface area (Å²) < 4.78 is 24.7. The molecular weight excluding hydrogens is 212 g/mol. The number of nitrogens with two attached hydrogens (primary N) is 1. The summed E-state index contributed by atoms with van der Waals surface area (Å²) in [7, 11) is 0. The smallest absolute Gasteiger partial charge is 0.281 e. The van der Waals surface area contributed by atoms with E-state index in [2.05, 4.69) is 4.98 Å². The standard InChI is InChI=1S/C8H6ClF2N3/c9-2-6-5(13)1-4(3-12)7(14-6)8(10)11/h1,8H,2,13H2. The highest BCUT2D eigenvalue weighted by atomic mass is 35.5. The minimum Gasteiger partial charge on any atom is -0.397 e. The highest BCUT2D eigenvalue weighted by molar-refractivity contribution is 6.17. The number of nitrogen functional groups attached to an aromatic ring is 1. The van der Waals surface area contributed by atoms with Crippen LogP contribution in [0.2, 0.25) is 0 Å². The Bertz CT molecular complexity index is 387. The zero-order valence-corrected chi connectivity index (χ0v) is 7.72. The van der Waals surface area contributed by atoms with Crippen LogP contribution in [0.1, 0.15) is 23.4 Å². The van der Waals surface area contributed by atoms with Gasteiger partial charge in [0.15, 0.2) is 0 Å². The van der Waals surface area contributed by atoms with E-state index in [-0.39, 0.29) is 22.8 Å². The molecule has 0 aromatic carbocycles. The van der Waals surface area contributed by atoms with E-state index >= 15 is 0 Å². The van der Waals surface area contributed by atoms with Crippen LogP contribution >= 0.6 is 11.6 Å². The number of aromatic nitrogens is 1. The van der Waals surface area contributed by atoms with Crippen molar-refractivity contribution in [1.29, 1.82) is 5.26 Å². The average Bonchev–Trinajstić information content (AvgIpc) is 2.16. The van der Waals surface area contributed by atoms with Crippen molar-refractivity contribution in [3.8, 4) is 6.07 Å². The van der Waals surface area contributed by atoms with Crippen molar-refractivity contribution < 1.29 is 8.78 Å². The number of alkyl halides is 3. The van der Waals surface area contributed by atoms with Crippen LogP contribution in [0.4, 0.5) is 14.5 Å². The first-order valence-corrected chi connectivity index (χ1v) is 4.17. The molecule has 0 bridgehead atoms.